The molecule has 0 aromatic rings. The fourth-order valence-corrected chi connectivity index (χ4v) is 1.82. The van der Waals surface area contributed by atoms with E-state index in [4.69, 9.17) is 14.2 Å². The molecule has 0 aromatic carbocycles. The highest BCUT2D eigenvalue weighted by atomic mass is 16.5. The molecule has 18 heavy (non-hydrogen) atoms. The number of carbonyl (C=O) groups is 1. The van der Waals surface area contributed by atoms with Crippen LogP contribution in [0.1, 0.15) is 32.6 Å². The molecular weight excluding hydrogens is 234 g/mol. The van der Waals surface area contributed by atoms with Gasteiger partial charge in [-0.25, -0.2) is 0 Å². The number of hydrogen-bond acceptors (Lipinski definition) is 5. The molecular formula is C13H25NO4. The van der Waals surface area contributed by atoms with Gasteiger partial charge in [0.2, 0.25) is 0 Å². The van der Waals surface area contributed by atoms with Crippen molar-refractivity contribution in [2.24, 2.45) is 0 Å². The van der Waals surface area contributed by atoms with Crippen molar-refractivity contribution < 1.29 is 19.0 Å². The van der Waals surface area contributed by atoms with Gasteiger partial charge in [0, 0.05) is 33.0 Å². The fraction of sp³-hybridized carbons (Fsp3) is 0.923. The van der Waals surface area contributed by atoms with E-state index in [0.29, 0.717) is 32.3 Å². The van der Waals surface area contributed by atoms with Gasteiger partial charge in [0.1, 0.15) is 5.54 Å². The lowest BCUT2D eigenvalue weighted by atomic mass is 9.98. The summed E-state index contributed by atoms with van der Waals surface area (Å²) in [7, 11) is 3.10. The van der Waals surface area contributed by atoms with Gasteiger partial charge in [-0.05, 0) is 32.6 Å². The number of methoxy groups -OCH3 is 2. The SMILES string of the molecule is COCCCOCCC(C)(NC1CC1)C(=O)OC. The lowest BCUT2D eigenvalue weighted by Gasteiger charge is -2.28. The van der Waals surface area contributed by atoms with Gasteiger partial charge in [0.05, 0.1) is 7.11 Å². The number of esters is 1. The van der Waals surface area contributed by atoms with Gasteiger partial charge >= 0.3 is 5.97 Å². The normalized spacial score (nSPS) is 18.4. The highest BCUT2D eigenvalue weighted by Gasteiger charge is 2.38. The zero-order valence-electron chi connectivity index (χ0n) is 11.7. The fourth-order valence-electron chi connectivity index (χ4n) is 1.82. The second-order valence-corrected chi connectivity index (χ2v) is 4.95. The van der Waals surface area contributed by atoms with Gasteiger partial charge < -0.3 is 14.2 Å². The standard InChI is InChI=1S/C13H25NO4/c1-13(12(15)17-3,14-11-5-6-11)7-10-18-9-4-8-16-2/h11,14H,4-10H2,1-3H3. The van der Waals surface area contributed by atoms with E-state index in [1.807, 2.05) is 6.92 Å². The Labute approximate surface area is 109 Å². The zero-order chi connectivity index (χ0) is 13.4. The summed E-state index contributed by atoms with van der Waals surface area (Å²) < 4.78 is 15.3. The first-order valence-corrected chi connectivity index (χ1v) is 6.55. The van der Waals surface area contributed by atoms with Crippen LogP contribution in [0, 0.1) is 0 Å². The van der Waals surface area contributed by atoms with Crippen LogP contribution in [0.2, 0.25) is 0 Å². The Balaban J connectivity index is 2.25. The van der Waals surface area contributed by atoms with E-state index in [-0.39, 0.29) is 5.97 Å². The summed E-state index contributed by atoms with van der Waals surface area (Å²) in [4.78, 5) is 11.8. The second-order valence-electron chi connectivity index (χ2n) is 4.95. The molecule has 1 aliphatic rings. The first kappa shape index (κ1) is 15.4. The van der Waals surface area contributed by atoms with Crippen molar-refractivity contribution in [2.45, 2.75) is 44.2 Å². The van der Waals surface area contributed by atoms with E-state index < -0.39 is 5.54 Å². The van der Waals surface area contributed by atoms with Crippen molar-refractivity contribution in [2.75, 3.05) is 34.0 Å². The third kappa shape index (κ3) is 5.33. The van der Waals surface area contributed by atoms with Crippen molar-refractivity contribution in [3.05, 3.63) is 0 Å². The zero-order valence-corrected chi connectivity index (χ0v) is 11.7. The topological polar surface area (TPSA) is 56.8 Å². The Morgan fingerprint density at radius 1 is 1.28 bits per heavy atom. The maximum Gasteiger partial charge on any atom is 0.325 e. The van der Waals surface area contributed by atoms with E-state index in [0.717, 1.165) is 19.3 Å². The molecule has 106 valence electrons. The molecule has 0 saturated heterocycles. The Morgan fingerprint density at radius 3 is 2.56 bits per heavy atom. The van der Waals surface area contributed by atoms with Gasteiger partial charge in [0.15, 0.2) is 0 Å². The minimum atomic E-state index is -0.628. The molecule has 0 aromatic heterocycles. The van der Waals surface area contributed by atoms with Gasteiger partial charge in [-0.1, -0.05) is 0 Å². The van der Waals surface area contributed by atoms with Crippen LogP contribution >= 0.6 is 0 Å². The summed E-state index contributed by atoms with van der Waals surface area (Å²) in [5, 5.41) is 3.34. The molecule has 0 bridgehead atoms. The van der Waals surface area contributed by atoms with Gasteiger partial charge in [-0.3, -0.25) is 10.1 Å². The maximum absolute atomic E-state index is 11.8. The third-order valence-electron chi connectivity index (χ3n) is 3.12. The predicted octanol–water partition coefficient (Wildman–Crippen LogP) is 1.11. The van der Waals surface area contributed by atoms with Crippen LogP contribution < -0.4 is 5.32 Å². The van der Waals surface area contributed by atoms with Crippen molar-refractivity contribution in [3.8, 4) is 0 Å². The molecule has 1 atom stereocenters. The highest BCUT2D eigenvalue weighted by molar-refractivity contribution is 5.80. The van der Waals surface area contributed by atoms with Crippen molar-refractivity contribution in [3.63, 3.8) is 0 Å². The summed E-state index contributed by atoms with van der Waals surface area (Å²) in [6.07, 6.45) is 3.78. The Bertz CT molecular complexity index is 255. The average molecular weight is 259 g/mol. The number of ether oxygens (including phenoxy) is 3. The molecule has 0 heterocycles. The number of nitrogens with one attached hydrogen (secondary N) is 1. The molecule has 0 aliphatic heterocycles. The number of hydrogen-bond donors (Lipinski definition) is 1. The molecule has 1 rings (SSSR count). The Hall–Kier alpha value is -0.650. The number of rotatable bonds is 10. The van der Waals surface area contributed by atoms with Crippen LogP contribution in [0.15, 0.2) is 0 Å². The summed E-state index contributed by atoms with van der Waals surface area (Å²) in [5.41, 5.74) is -0.628. The molecule has 1 aliphatic carbocycles. The van der Waals surface area contributed by atoms with E-state index in [2.05, 4.69) is 5.32 Å². The van der Waals surface area contributed by atoms with E-state index in [1.165, 1.54) is 7.11 Å². The molecule has 1 N–H and O–H groups in total. The Kier molecular flexibility index (Phi) is 6.60. The molecule has 5 nitrogen and oxygen atoms in total. The Morgan fingerprint density at radius 2 is 2.00 bits per heavy atom. The summed E-state index contributed by atoms with van der Waals surface area (Å²) in [6.45, 7) is 3.80. The lowest BCUT2D eigenvalue weighted by molar-refractivity contribution is -0.149. The summed E-state index contributed by atoms with van der Waals surface area (Å²) in [5.74, 6) is -0.213. The van der Waals surface area contributed by atoms with E-state index >= 15 is 0 Å². The van der Waals surface area contributed by atoms with Crippen LogP contribution in [-0.4, -0.2) is 51.6 Å². The third-order valence-corrected chi connectivity index (χ3v) is 3.12. The minimum Gasteiger partial charge on any atom is -0.468 e. The lowest BCUT2D eigenvalue weighted by Crippen LogP contribution is -2.52. The summed E-state index contributed by atoms with van der Waals surface area (Å²) >= 11 is 0. The molecule has 5 heteroatoms. The van der Waals surface area contributed by atoms with Gasteiger partial charge in [-0.2, -0.15) is 0 Å². The van der Waals surface area contributed by atoms with E-state index in [1.54, 1.807) is 7.11 Å². The van der Waals surface area contributed by atoms with Gasteiger partial charge in [-0.15, -0.1) is 0 Å². The van der Waals surface area contributed by atoms with Crippen LogP contribution in [-0.2, 0) is 19.0 Å². The quantitative estimate of drug-likeness (QED) is 0.470. The summed E-state index contributed by atoms with van der Waals surface area (Å²) in [6, 6.07) is 0.461. The van der Waals surface area contributed by atoms with Crippen LogP contribution in [0.25, 0.3) is 0 Å². The van der Waals surface area contributed by atoms with Crippen LogP contribution in [0.4, 0.5) is 0 Å². The first-order valence-electron chi connectivity index (χ1n) is 6.55. The van der Waals surface area contributed by atoms with E-state index in [9.17, 15) is 4.79 Å². The predicted molar refractivity (Wildman–Crippen MR) is 68.5 cm³/mol. The minimum absolute atomic E-state index is 0.213. The van der Waals surface area contributed by atoms with Crippen molar-refractivity contribution in [1.29, 1.82) is 0 Å². The van der Waals surface area contributed by atoms with Gasteiger partial charge in [0.25, 0.3) is 0 Å². The molecule has 0 amide bonds. The maximum atomic E-state index is 11.8. The highest BCUT2D eigenvalue weighted by Crippen LogP contribution is 2.24. The van der Waals surface area contributed by atoms with Crippen molar-refractivity contribution in [1.82, 2.24) is 5.32 Å². The largest absolute Gasteiger partial charge is 0.468 e. The molecule has 1 saturated carbocycles. The molecule has 1 unspecified atom stereocenters. The van der Waals surface area contributed by atoms with Crippen molar-refractivity contribution >= 4 is 5.97 Å². The molecule has 0 radical (unpaired) electrons. The molecule has 1 fully saturated rings. The number of carbonyl (C=O) groups excluding carboxylic acids is 1. The monoisotopic (exact) mass is 259 g/mol. The van der Waals surface area contributed by atoms with Crippen LogP contribution in [0.5, 0.6) is 0 Å². The van der Waals surface area contributed by atoms with Crippen LogP contribution in [0.3, 0.4) is 0 Å². The molecule has 0 spiro atoms. The first-order chi connectivity index (χ1) is 8.62. The second kappa shape index (κ2) is 7.71. The average Bonchev–Trinajstić information content (AvgIpc) is 3.16. The smallest absolute Gasteiger partial charge is 0.325 e.